The fourth-order valence-corrected chi connectivity index (χ4v) is 4.58. The van der Waals surface area contributed by atoms with Crippen LogP contribution in [-0.4, -0.2) is 19.1 Å². The summed E-state index contributed by atoms with van der Waals surface area (Å²) in [6.45, 7) is 1.91. The number of benzene rings is 2. The van der Waals surface area contributed by atoms with Crippen molar-refractivity contribution in [3.8, 4) is 28.5 Å². The Hall–Kier alpha value is -4.15. The Balaban J connectivity index is 2.08. The number of halogens is 1. The van der Waals surface area contributed by atoms with E-state index in [1.165, 1.54) is 11.6 Å². The molecular weight excluding hydrogens is 438 g/mol. The number of rotatable bonds is 2. The number of aromatic amines is 1. The third kappa shape index (κ3) is 2.99. The average Bonchev–Trinajstić information content (AvgIpc) is 3.15. The second kappa shape index (κ2) is 7.47. The number of nitrogens with one attached hydrogen (secondary N) is 1. The maximum absolute atomic E-state index is 13.3. The van der Waals surface area contributed by atoms with Crippen LogP contribution in [0.3, 0.4) is 0 Å². The second-order valence-corrected chi connectivity index (χ2v) is 8.34. The molecule has 1 N–H and O–H groups in total. The van der Waals surface area contributed by atoms with E-state index in [-0.39, 0.29) is 16.6 Å². The highest BCUT2D eigenvalue weighted by molar-refractivity contribution is 6.31. The Labute approximate surface area is 193 Å². The Morgan fingerprint density at radius 2 is 1.79 bits per heavy atom. The number of nitriles is 1. The molecule has 0 radical (unpaired) electrons. The molecular formula is C25H18ClN5O2. The first-order valence-electron chi connectivity index (χ1n) is 10.2. The summed E-state index contributed by atoms with van der Waals surface area (Å²) in [6, 6.07) is 17.0. The Kier molecular flexibility index (Phi) is 4.69. The van der Waals surface area contributed by atoms with Crippen molar-refractivity contribution in [2.75, 3.05) is 0 Å². The summed E-state index contributed by atoms with van der Waals surface area (Å²) >= 11 is 6.27. The van der Waals surface area contributed by atoms with Crippen LogP contribution in [0.2, 0.25) is 5.02 Å². The van der Waals surface area contributed by atoms with Gasteiger partial charge in [0.15, 0.2) is 5.65 Å². The second-order valence-electron chi connectivity index (χ2n) is 7.91. The molecule has 0 spiro atoms. The van der Waals surface area contributed by atoms with Crippen molar-refractivity contribution < 1.29 is 0 Å². The maximum Gasteiger partial charge on any atom is 0.332 e. The molecule has 2 aromatic carbocycles. The Morgan fingerprint density at radius 3 is 2.52 bits per heavy atom. The van der Waals surface area contributed by atoms with Crippen LogP contribution in [0.5, 0.6) is 0 Å². The van der Waals surface area contributed by atoms with Crippen LogP contribution in [0.15, 0.2) is 58.1 Å². The number of hydrogen-bond acceptors (Lipinski definition) is 4. The van der Waals surface area contributed by atoms with Gasteiger partial charge in [0.05, 0.1) is 16.6 Å². The number of pyridine rings is 1. The number of fused-ring (bicyclic) bond motifs is 2. The zero-order valence-corrected chi connectivity index (χ0v) is 18.9. The molecule has 7 nitrogen and oxygen atoms in total. The van der Waals surface area contributed by atoms with Gasteiger partial charge in [-0.05, 0) is 30.7 Å². The van der Waals surface area contributed by atoms with Crippen LogP contribution in [0.1, 0.15) is 11.3 Å². The van der Waals surface area contributed by atoms with Crippen LogP contribution in [0, 0.1) is 18.3 Å². The van der Waals surface area contributed by atoms with Gasteiger partial charge < -0.3 is 4.98 Å². The van der Waals surface area contributed by atoms with Gasteiger partial charge in [-0.25, -0.2) is 9.78 Å². The van der Waals surface area contributed by atoms with E-state index in [2.05, 4.69) is 11.1 Å². The highest BCUT2D eigenvalue weighted by Crippen LogP contribution is 2.39. The molecule has 33 heavy (non-hydrogen) atoms. The molecule has 0 unspecified atom stereocenters. The fourth-order valence-electron chi connectivity index (χ4n) is 4.39. The number of para-hydroxylation sites is 1. The molecule has 3 aromatic heterocycles. The molecule has 0 aliphatic heterocycles. The normalized spacial score (nSPS) is 11.2. The summed E-state index contributed by atoms with van der Waals surface area (Å²) in [5, 5.41) is 11.9. The van der Waals surface area contributed by atoms with E-state index < -0.39 is 11.2 Å². The third-order valence-corrected chi connectivity index (χ3v) is 6.18. The van der Waals surface area contributed by atoms with Gasteiger partial charge in [-0.1, -0.05) is 41.9 Å². The summed E-state index contributed by atoms with van der Waals surface area (Å²) in [4.78, 5) is 34.1. The van der Waals surface area contributed by atoms with E-state index in [4.69, 9.17) is 16.6 Å². The minimum atomic E-state index is -0.519. The lowest BCUT2D eigenvalue weighted by Crippen LogP contribution is -2.37. The lowest BCUT2D eigenvalue weighted by molar-refractivity contribution is 0.708. The van der Waals surface area contributed by atoms with Gasteiger partial charge in [0.25, 0.3) is 5.56 Å². The molecule has 3 heterocycles. The van der Waals surface area contributed by atoms with Crippen molar-refractivity contribution in [2.24, 2.45) is 14.1 Å². The minimum absolute atomic E-state index is 0.194. The molecule has 5 aromatic rings. The average molecular weight is 456 g/mol. The summed E-state index contributed by atoms with van der Waals surface area (Å²) < 4.78 is 2.36. The molecule has 8 heteroatoms. The molecule has 0 fully saturated rings. The first-order chi connectivity index (χ1) is 15.8. The predicted molar refractivity (Wildman–Crippen MR) is 129 cm³/mol. The fraction of sp³-hybridized carbons (Fsp3) is 0.120. The van der Waals surface area contributed by atoms with E-state index in [9.17, 15) is 14.9 Å². The summed E-state index contributed by atoms with van der Waals surface area (Å²) in [6.07, 6.45) is 0. The first-order valence-corrected chi connectivity index (χ1v) is 10.6. The van der Waals surface area contributed by atoms with Gasteiger partial charge in [-0.3, -0.25) is 13.9 Å². The lowest BCUT2D eigenvalue weighted by atomic mass is 9.93. The van der Waals surface area contributed by atoms with Crippen molar-refractivity contribution in [3.05, 3.63) is 85.6 Å². The molecule has 0 aliphatic rings. The molecule has 0 amide bonds. The minimum Gasteiger partial charge on any atom is -0.358 e. The topological polar surface area (TPSA) is 96.5 Å². The van der Waals surface area contributed by atoms with Crippen molar-refractivity contribution >= 4 is 33.5 Å². The molecule has 0 saturated carbocycles. The van der Waals surface area contributed by atoms with Crippen LogP contribution in [0.4, 0.5) is 0 Å². The van der Waals surface area contributed by atoms with E-state index in [0.717, 1.165) is 26.7 Å². The molecule has 0 bridgehead atoms. The van der Waals surface area contributed by atoms with E-state index in [0.29, 0.717) is 21.8 Å². The smallest absolute Gasteiger partial charge is 0.332 e. The van der Waals surface area contributed by atoms with Gasteiger partial charge >= 0.3 is 5.69 Å². The van der Waals surface area contributed by atoms with Gasteiger partial charge in [0.1, 0.15) is 6.07 Å². The van der Waals surface area contributed by atoms with Crippen LogP contribution >= 0.6 is 11.6 Å². The predicted octanol–water partition coefficient (Wildman–Crippen LogP) is 4.28. The highest BCUT2D eigenvalue weighted by Gasteiger charge is 2.25. The van der Waals surface area contributed by atoms with Gasteiger partial charge in [-0.2, -0.15) is 5.26 Å². The summed E-state index contributed by atoms with van der Waals surface area (Å²) in [5.41, 5.74) is 3.31. The van der Waals surface area contributed by atoms with Crippen molar-refractivity contribution in [3.63, 3.8) is 0 Å². The monoisotopic (exact) mass is 455 g/mol. The maximum atomic E-state index is 13.3. The number of aryl methyl sites for hydroxylation is 2. The SMILES string of the molecule is Cc1[nH]c2ccccc2c1-c1nc2c(c(-c3cccc(Cl)c3)c1C#N)c(=O)n(C)c(=O)n2C. The van der Waals surface area contributed by atoms with Gasteiger partial charge in [0.2, 0.25) is 0 Å². The first kappa shape index (κ1) is 20.7. The largest absolute Gasteiger partial charge is 0.358 e. The molecule has 0 atom stereocenters. The number of nitrogens with zero attached hydrogens (tertiary/aromatic N) is 4. The van der Waals surface area contributed by atoms with E-state index in [1.807, 2.05) is 31.2 Å². The van der Waals surface area contributed by atoms with E-state index in [1.54, 1.807) is 31.3 Å². The van der Waals surface area contributed by atoms with Crippen molar-refractivity contribution in [1.82, 2.24) is 19.1 Å². The van der Waals surface area contributed by atoms with Crippen LogP contribution in [-0.2, 0) is 14.1 Å². The van der Waals surface area contributed by atoms with Crippen molar-refractivity contribution in [1.29, 1.82) is 5.26 Å². The molecule has 5 rings (SSSR count). The Bertz CT molecular complexity index is 1770. The summed E-state index contributed by atoms with van der Waals surface area (Å²) in [5.74, 6) is 0. The van der Waals surface area contributed by atoms with Gasteiger partial charge in [0, 0.05) is 46.8 Å². The molecule has 0 aliphatic carbocycles. The number of H-pyrrole nitrogens is 1. The Morgan fingerprint density at radius 1 is 1.03 bits per heavy atom. The molecule has 0 saturated heterocycles. The quantitative estimate of drug-likeness (QED) is 0.429. The number of aromatic nitrogens is 4. The van der Waals surface area contributed by atoms with E-state index >= 15 is 0 Å². The van der Waals surface area contributed by atoms with Crippen LogP contribution in [0.25, 0.3) is 44.3 Å². The highest BCUT2D eigenvalue weighted by atomic mass is 35.5. The number of hydrogen-bond donors (Lipinski definition) is 1. The van der Waals surface area contributed by atoms with Crippen LogP contribution < -0.4 is 11.2 Å². The summed E-state index contributed by atoms with van der Waals surface area (Å²) in [7, 11) is 2.98. The zero-order valence-electron chi connectivity index (χ0n) is 18.1. The third-order valence-electron chi connectivity index (χ3n) is 5.94. The lowest BCUT2D eigenvalue weighted by Gasteiger charge is -2.16. The van der Waals surface area contributed by atoms with Crippen molar-refractivity contribution in [2.45, 2.75) is 6.92 Å². The zero-order chi connectivity index (χ0) is 23.4. The molecule has 162 valence electrons. The van der Waals surface area contributed by atoms with Gasteiger partial charge in [-0.15, -0.1) is 0 Å². The standard InChI is InChI=1S/C25H18ClN5O2/c1-13-19(16-9-4-5-10-18(16)28-13)22-17(12-27)20(14-7-6-8-15(26)11-14)21-23(29-22)30(2)25(33)31(3)24(21)32/h4-11,28H,1-3H3.